The van der Waals surface area contributed by atoms with Crippen molar-refractivity contribution < 1.29 is 29.0 Å². The normalized spacial score (nSPS) is 11.7. The Bertz CT molecular complexity index is 580. The number of carboxylic acids is 1. The number of hydrogen-bond acceptors (Lipinski definition) is 6. The molecule has 0 bridgehead atoms. The van der Waals surface area contributed by atoms with Crippen molar-refractivity contribution in [3.8, 4) is 0 Å². The second kappa shape index (κ2) is 6.57. The van der Waals surface area contributed by atoms with Crippen LogP contribution < -0.4 is 4.90 Å². The Kier molecular flexibility index (Phi) is 5.42. The Balaban J connectivity index is 3.26. The average molecular weight is 343 g/mol. The minimum Gasteiger partial charge on any atom is -0.477 e. The largest absolute Gasteiger partial charge is 0.477 e. The highest BCUT2D eigenvalue weighted by Gasteiger charge is 2.35. The minimum absolute atomic E-state index is 0.0778. The Morgan fingerprint density at radius 2 is 1.43 bits per heavy atom. The molecule has 1 aromatic rings. The first kappa shape index (κ1) is 19.0. The first-order valence-corrected chi connectivity index (χ1v) is 7.76. The summed E-state index contributed by atoms with van der Waals surface area (Å²) >= 11 is 0.900. The molecule has 1 aromatic heterocycles. The van der Waals surface area contributed by atoms with Crippen LogP contribution in [0.25, 0.3) is 0 Å². The van der Waals surface area contributed by atoms with E-state index in [-0.39, 0.29) is 10.6 Å². The van der Waals surface area contributed by atoms with Crippen molar-refractivity contribution in [3.63, 3.8) is 0 Å². The van der Waals surface area contributed by atoms with Crippen LogP contribution >= 0.6 is 11.3 Å². The number of nitrogens with zero attached hydrogens (tertiary/aromatic N) is 1. The van der Waals surface area contributed by atoms with Gasteiger partial charge in [0.15, 0.2) is 0 Å². The molecule has 2 amide bonds. The third kappa shape index (κ3) is 5.55. The van der Waals surface area contributed by atoms with E-state index >= 15 is 0 Å². The molecule has 1 heterocycles. The maximum absolute atomic E-state index is 12.4. The molecular weight excluding hydrogens is 322 g/mol. The molecule has 1 rings (SSSR count). The van der Waals surface area contributed by atoms with E-state index in [4.69, 9.17) is 9.47 Å². The third-order valence-electron chi connectivity index (χ3n) is 2.23. The molecule has 0 aliphatic heterocycles. The number of carbonyl (C=O) groups is 3. The van der Waals surface area contributed by atoms with Crippen LogP contribution in [0.3, 0.4) is 0 Å². The first-order valence-electron chi connectivity index (χ1n) is 6.89. The number of hydrogen-bond donors (Lipinski definition) is 1. The minimum atomic E-state index is -1.24. The van der Waals surface area contributed by atoms with Crippen molar-refractivity contribution in [2.24, 2.45) is 0 Å². The van der Waals surface area contributed by atoms with Gasteiger partial charge in [-0.25, -0.2) is 14.4 Å². The monoisotopic (exact) mass is 343 g/mol. The third-order valence-corrected chi connectivity index (χ3v) is 3.12. The van der Waals surface area contributed by atoms with E-state index in [2.05, 4.69) is 0 Å². The van der Waals surface area contributed by atoms with E-state index in [9.17, 15) is 19.5 Å². The summed E-state index contributed by atoms with van der Waals surface area (Å²) in [6, 6.07) is 1.36. The highest BCUT2D eigenvalue weighted by atomic mass is 32.1. The number of rotatable bonds is 2. The molecule has 0 fully saturated rings. The number of imide groups is 1. The predicted octanol–water partition coefficient (Wildman–Crippen LogP) is 4.12. The van der Waals surface area contributed by atoms with E-state index in [0.717, 1.165) is 11.3 Å². The molecule has 0 aromatic carbocycles. The second-order valence-corrected chi connectivity index (χ2v) is 7.65. The van der Waals surface area contributed by atoms with Gasteiger partial charge in [0, 0.05) is 0 Å². The Labute approximate surface area is 138 Å². The summed E-state index contributed by atoms with van der Waals surface area (Å²) in [5.41, 5.74) is -1.78. The van der Waals surface area contributed by atoms with Crippen molar-refractivity contribution in [2.45, 2.75) is 52.7 Å². The molecule has 0 aliphatic carbocycles. The maximum Gasteiger partial charge on any atom is 0.424 e. The molecule has 128 valence electrons. The first-order chi connectivity index (χ1) is 10.3. The van der Waals surface area contributed by atoms with Crippen LogP contribution in [0.5, 0.6) is 0 Å². The van der Waals surface area contributed by atoms with E-state index < -0.39 is 29.4 Å². The van der Waals surface area contributed by atoms with Gasteiger partial charge in [0.2, 0.25) is 0 Å². The molecule has 0 saturated heterocycles. The number of ether oxygens (including phenoxy) is 2. The van der Waals surface area contributed by atoms with Crippen LogP contribution in [-0.2, 0) is 9.47 Å². The molecule has 0 unspecified atom stereocenters. The summed E-state index contributed by atoms with van der Waals surface area (Å²) in [4.78, 5) is 36.5. The molecule has 0 saturated carbocycles. The van der Waals surface area contributed by atoms with Gasteiger partial charge in [-0.1, -0.05) is 0 Å². The van der Waals surface area contributed by atoms with Crippen LogP contribution in [0, 0.1) is 0 Å². The van der Waals surface area contributed by atoms with Crippen LogP contribution in [0.4, 0.5) is 15.3 Å². The Morgan fingerprint density at radius 3 is 1.78 bits per heavy atom. The van der Waals surface area contributed by atoms with Crippen molar-refractivity contribution in [1.82, 2.24) is 0 Å². The lowest BCUT2D eigenvalue weighted by Gasteiger charge is -2.28. The molecule has 7 nitrogen and oxygen atoms in total. The van der Waals surface area contributed by atoms with Gasteiger partial charge < -0.3 is 14.6 Å². The number of amides is 2. The average Bonchev–Trinajstić information content (AvgIpc) is 2.72. The number of carboxylic acid groups (broad SMARTS) is 1. The summed E-state index contributed by atoms with van der Waals surface area (Å²) < 4.78 is 10.4. The maximum atomic E-state index is 12.4. The van der Waals surface area contributed by atoms with Gasteiger partial charge in [0.05, 0.1) is 5.69 Å². The fourth-order valence-corrected chi connectivity index (χ4v) is 2.24. The smallest absolute Gasteiger partial charge is 0.424 e. The zero-order chi connectivity index (χ0) is 18.0. The highest BCUT2D eigenvalue weighted by molar-refractivity contribution is 7.12. The van der Waals surface area contributed by atoms with Crippen molar-refractivity contribution in [3.05, 3.63) is 16.3 Å². The van der Waals surface area contributed by atoms with E-state index in [1.807, 2.05) is 0 Å². The van der Waals surface area contributed by atoms with Gasteiger partial charge in [-0.3, -0.25) is 0 Å². The van der Waals surface area contributed by atoms with Gasteiger partial charge in [-0.15, -0.1) is 11.3 Å². The zero-order valence-corrected chi connectivity index (χ0v) is 14.8. The molecule has 0 atom stereocenters. The summed E-state index contributed by atoms with van der Waals surface area (Å²) in [5, 5.41) is 10.7. The van der Waals surface area contributed by atoms with Crippen molar-refractivity contribution in [1.29, 1.82) is 0 Å². The van der Waals surface area contributed by atoms with Gasteiger partial charge >= 0.3 is 18.2 Å². The van der Waals surface area contributed by atoms with Crippen LogP contribution in [0.2, 0.25) is 0 Å². The lowest BCUT2D eigenvalue weighted by Crippen LogP contribution is -2.44. The molecule has 0 radical (unpaired) electrons. The lowest BCUT2D eigenvalue weighted by molar-refractivity contribution is 0.0431. The summed E-state index contributed by atoms with van der Waals surface area (Å²) in [6.07, 6.45) is -1.99. The zero-order valence-electron chi connectivity index (χ0n) is 14.0. The van der Waals surface area contributed by atoms with E-state index in [0.29, 0.717) is 4.90 Å². The predicted molar refractivity (Wildman–Crippen MR) is 86.2 cm³/mol. The van der Waals surface area contributed by atoms with E-state index in [1.165, 1.54) is 11.4 Å². The summed E-state index contributed by atoms with van der Waals surface area (Å²) in [7, 11) is 0. The topological polar surface area (TPSA) is 93.1 Å². The fraction of sp³-hybridized carbons (Fsp3) is 0.533. The fourth-order valence-electron chi connectivity index (χ4n) is 1.53. The SMILES string of the molecule is CC(C)(C)OC(=O)N(C(=O)OC(C)(C)C)c1ccsc1C(=O)O. The standard InChI is InChI=1S/C15H21NO6S/c1-14(2,3)21-12(19)16(13(20)22-15(4,5)6)9-7-8-23-10(9)11(17)18/h7-8H,1-6H3,(H,17,18). The summed E-state index contributed by atoms with van der Waals surface area (Å²) in [6.45, 7) is 9.86. The molecule has 0 spiro atoms. The number of thiophene rings is 1. The van der Waals surface area contributed by atoms with Gasteiger partial charge in [-0.2, -0.15) is 4.90 Å². The van der Waals surface area contributed by atoms with Crippen molar-refractivity contribution >= 4 is 35.2 Å². The quantitative estimate of drug-likeness (QED) is 0.868. The molecule has 23 heavy (non-hydrogen) atoms. The molecule has 0 aliphatic rings. The van der Waals surface area contributed by atoms with Crippen LogP contribution in [0.1, 0.15) is 51.2 Å². The van der Waals surface area contributed by atoms with Gasteiger partial charge in [0.1, 0.15) is 16.1 Å². The van der Waals surface area contributed by atoms with Gasteiger partial charge in [-0.05, 0) is 53.0 Å². The number of aromatic carboxylic acids is 1. The molecular formula is C15H21NO6S. The number of anilines is 1. The number of carbonyl (C=O) groups excluding carboxylic acids is 2. The van der Waals surface area contributed by atoms with Gasteiger partial charge in [0.25, 0.3) is 0 Å². The molecule has 8 heteroatoms. The lowest BCUT2D eigenvalue weighted by atomic mass is 10.2. The second-order valence-electron chi connectivity index (χ2n) is 6.74. The Morgan fingerprint density at radius 1 is 1.00 bits per heavy atom. The Hall–Kier alpha value is -2.09. The van der Waals surface area contributed by atoms with E-state index in [1.54, 1.807) is 41.5 Å². The highest BCUT2D eigenvalue weighted by Crippen LogP contribution is 2.29. The van der Waals surface area contributed by atoms with Crippen molar-refractivity contribution in [2.75, 3.05) is 4.90 Å². The van der Waals surface area contributed by atoms with Crippen LogP contribution in [-0.4, -0.2) is 34.5 Å². The molecule has 1 N–H and O–H groups in total. The summed E-state index contributed by atoms with van der Waals surface area (Å²) in [5.74, 6) is -1.24. The van der Waals surface area contributed by atoms with Crippen LogP contribution in [0.15, 0.2) is 11.4 Å².